The molecule has 0 spiro atoms. The summed E-state index contributed by atoms with van der Waals surface area (Å²) in [5.74, 6) is -0.453. The summed E-state index contributed by atoms with van der Waals surface area (Å²) < 4.78 is 13.1. The predicted molar refractivity (Wildman–Crippen MR) is 102 cm³/mol. The Morgan fingerprint density at radius 2 is 1.85 bits per heavy atom. The highest BCUT2D eigenvalue weighted by molar-refractivity contribution is 5.98. The zero-order chi connectivity index (χ0) is 18.5. The molecule has 5 nitrogen and oxygen atoms in total. The minimum Gasteiger partial charge on any atom is -0.351 e. The van der Waals surface area contributed by atoms with Gasteiger partial charge in [-0.15, -0.1) is 0 Å². The summed E-state index contributed by atoms with van der Waals surface area (Å²) in [5.41, 5.74) is 14.6. The lowest BCUT2D eigenvalue weighted by Crippen LogP contribution is -2.37. The zero-order valence-corrected chi connectivity index (χ0v) is 14.5. The maximum Gasteiger partial charge on any atom is 0.267 e. The number of hydrogen-bond acceptors (Lipinski definition) is 3. The van der Waals surface area contributed by atoms with Gasteiger partial charge in [-0.05, 0) is 54.8 Å². The van der Waals surface area contributed by atoms with E-state index in [-0.39, 0.29) is 17.8 Å². The number of benzene rings is 2. The van der Waals surface area contributed by atoms with Crippen molar-refractivity contribution in [2.24, 2.45) is 11.5 Å². The van der Waals surface area contributed by atoms with Crippen molar-refractivity contribution in [3.8, 4) is 11.1 Å². The number of nitrogens with one attached hydrogen (secondary N) is 2. The molecule has 1 aromatic heterocycles. The lowest BCUT2D eigenvalue weighted by molar-refractivity contribution is 0.0946. The fourth-order valence-electron chi connectivity index (χ4n) is 2.87. The minimum atomic E-state index is -0.265. The average molecular weight is 354 g/mol. The van der Waals surface area contributed by atoms with Crippen LogP contribution in [0.1, 0.15) is 23.3 Å². The van der Waals surface area contributed by atoms with E-state index in [1.807, 2.05) is 24.3 Å². The van der Waals surface area contributed by atoms with E-state index in [0.29, 0.717) is 18.8 Å². The van der Waals surface area contributed by atoms with Crippen molar-refractivity contribution in [3.63, 3.8) is 0 Å². The summed E-state index contributed by atoms with van der Waals surface area (Å²) in [4.78, 5) is 15.5. The number of carbonyl (C=O) groups is 1. The van der Waals surface area contributed by atoms with E-state index in [0.717, 1.165) is 34.9 Å². The van der Waals surface area contributed by atoms with Crippen molar-refractivity contribution in [2.45, 2.75) is 18.9 Å². The summed E-state index contributed by atoms with van der Waals surface area (Å²) in [6, 6.07) is 13.9. The second-order valence-electron chi connectivity index (χ2n) is 6.39. The number of rotatable bonds is 7. The van der Waals surface area contributed by atoms with Crippen LogP contribution in [-0.4, -0.2) is 30.0 Å². The second-order valence-corrected chi connectivity index (χ2v) is 6.39. The first-order valence-electron chi connectivity index (χ1n) is 8.69. The maximum absolute atomic E-state index is 13.1. The Balaban J connectivity index is 1.72. The van der Waals surface area contributed by atoms with Gasteiger partial charge in [0.2, 0.25) is 0 Å². The molecule has 0 saturated carbocycles. The number of H-pyrrole nitrogens is 1. The molecule has 1 heterocycles. The first-order valence-corrected chi connectivity index (χ1v) is 8.69. The Morgan fingerprint density at radius 3 is 2.58 bits per heavy atom. The topological polar surface area (TPSA) is 96.9 Å². The van der Waals surface area contributed by atoms with Gasteiger partial charge in [-0.3, -0.25) is 4.79 Å². The van der Waals surface area contributed by atoms with Gasteiger partial charge in [-0.1, -0.05) is 24.3 Å². The third-order valence-corrected chi connectivity index (χ3v) is 4.35. The predicted octanol–water partition coefficient (Wildman–Crippen LogP) is 2.77. The molecule has 0 aliphatic rings. The van der Waals surface area contributed by atoms with Gasteiger partial charge in [-0.25, -0.2) is 4.39 Å². The van der Waals surface area contributed by atoms with Crippen LogP contribution in [-0.2, 0) is 0 Å². The van der Waals surface area contributed by atoms with Crippen LogP contribution in [0.4, 0.5) is 4.39 Å². The minimum absolute atomic E-state index is 0.100. The molecule has 2 aromatic carbocycles. The molecule has 0 unspecified atom stereocenters. The van der Waals surface area contributed by atoms with Crippen molar-refractivity contribution in [3.05, 3.63) is 60.0 Å². The molecule has 0 bridgehead atoms. The van der Waals surface area contributed by atoms with Crippen molar-refractivity contribution < 1.29 is 9.18 Å². The van der Waals surface area contributed by atoms with E-state index in [2.05, 4.69) is 10.3 Å². The Bertz CT molecular complexity index is 888. The summed E-state index contributed by atoms with van der Waals surface area (Å²) in [5, 5.41) is 3.78. The molecule has 0 saturated heterocycles. The molecule has 1 amide bonds. The number of aromatic amines is 1. The highest BCUT2D eigenvalue weighted by Crippen LogP contribution is 2.25. The average Bonchev–Trinajstić information content (AvgIpc) is 3.08. The fourth-order valence-corrected chi connectivity index (χ4v) is 2.87. The highest BCUT2D eigenvalue weighted by atomic mass is 19.1. The smallest absolute Gasteiger partial charge is 0.267 e. The summed E-state index contributed by atoms with van der Waals surface area (Å²) >= 11 is 0. The van der Waals surface area contributed by atoms with Crippen LogP contribution in [0.2, 0.25) is 0 Å². The fraction of sp³-hybridized carbons (Fsp3) is 0.250. The lowest BCUT2D eigenvalue weighted by Gasteiger charge is -2.11. The van der Waals surface area contributed by atoms with E-state index >= 15 is 0 Å². The number of nitrogens with two attached hydrogens (primary N) is 2. The maximum atomic E-state index is 13.1. The summed E-state index contributed by atoms with van der Waals surface area (Å²) in [7, 11) is 0. The molecule has 0 aliphatic heterocycles. The largest absolute Gasteiger partial charge is 0.351 e. The highest BCUT2D eigenvalue weighted by Gasteiger charge is 2.11. The molecule has 26 heavy (non-hydrogen) atoms. The zero-order valence-electron chi connectivity index (χ0n) is 14.5. The number of hydrogen-bond donors (Lipinski definition) is 4. The molecular weight excluding hydrogens is 331 g/mol. The Labute approximate surface area is 151 Å². The Hall–Kier alpha value is -2.70. The first-order chi connectivity index (χ1) is 12.6. The quantitative estimate of drug-likeness (QED) is 0.525. The van der Waals surface area contributed by atoms with Gasteiger partial charge in [0.15, 0.2) is 0 Å². The van der Waals surface area contributed by atoms with Crippen molar-refractivity contribution >= 4 is 16.8 Å². The number of amides is 1. The van der Waals surface area contributed by atoms with Gasteiger partial charge >= 0.3 is 0 Å². The third-order valence-electron chi connectivity index (χ3n) is 4.35. The molecule has 136 valence electrons. The normalized spacial score (nSPS) is 12.3. The molecule has 0 fully saturated rings. The molecule has 1 atom stereocenters. The monoisotopic (exact) mass is 354 g/mol. The molecule has 3 aromatic rings. The van der Waals surface area contributed by atoms with Crippen LogP contribution in [0.15, 0.2) is 48.5 Å². The van der Waals surface area contributed by atoms with E-state index in [1.165, 1.54) is 12.1 Å². The summed E-state index contributed by atoms with van der Waals surface area (Å²) in [6.45, 7) is 1.01. The Morgan fingerprint density at radius 1 is 1.12 bits per heavy atom. The molecule has 6 N–H and O–H groups in total. The summed E-state index contributed by atoms with van der Waals surface area (Å²) in [6.07, 6.45) is 1.63. The van der Waals surface area contributed by atoms with Crippen molar-refractivity contribution in [1.82, 2.24) is 10.3 Å². The molecule has 6 heteroatoms. The second kappa shape index (κ2) is 8.12. The van der Waals surface area contributed by atoms with E-state index < -0.39 is 0 Å². The van der Waals surface area contributed by atoms with Gasteiger partial charge in [0.1, 0.15) is 11.5 Å². The van der Waals surface area contributed by atoms with Crippen LogP contribution in [0.5, 0.6) is 0 Å². The van der Waals surface area contributed by atoms with Gasteiger partial charge in [0.25, 0.3) is 5.91 Å². The molecule has 3 rings (SSSR count). The molecule has 0 aliphatic carbocycles. The lowest BCUT2D eigenvalue weighted by atomic mass is 10.0. The SMILES string of the molecule is NCCC[C@H](N)CNC(=O)c1cc2ccc(-c3ccc(F)cc3)cc2[nH]1. The first kappa shape index (κ1) is 18.1. The van der Waals surface area contributed by atoms with Gasteiger partial charge in [0, 0.05) is 23.5 Å². The number of halogens is 1. The van der Waals surface area contributed by atoms with Crippen LogP contribution < -0.4 is 16.8 Å². The van der Waals surface area contributed by atoms with Crippen molar-refractivity contribution in [1.29, 1.82) is 0 Å². The van der Waals surface area contributed by atoms with Gasteiger partial charge in [0.05, 0.1) is 0 Å². The van der Waals surface area contributed by atoms with E-state index in [9.17, 15) is 9.18 Å². The Kier molecular flexibility index (Phi) is 5.65. The third kappa shape index (κ3) is 4.28. The molecule has 0 radical (unpaired) electrons. The number of carbonyl (C=O) groups excluding carboxylic acids is 1. The number of aromatic nitrogens is 1. The van der Waals surface area contributed by atoms with Crippen LogP contribution >= 0.6 is 0 Å². The molecular formula is C20H23FN4O. The van der Waals surface area contributed by atoms with Gasteiger partial charge in [-0.2, -0.15) is 0 Å². The van der Waals surface area contributed by atoms with Gasteiger partial charge < -0.3 is 21.8 Å². The van der Waals surface area contributed by atoms with Crippen LogP contribution in [0.3, 0.4) is 0 Å². The van der Waals surface area contributed by atoms with E-state index in [1.54, 1.807) is 12.1 Å². The number of fused-ring (bicyclic) bond motifs is 1. The standard InChI is InChI=1S/C20H23FN4O/c21-16-7-5-13(6-8-16)14-3-4-15-11-19(25-18(15)10-14)20(26)24-12-17(23)2-1-9-22/h3-8,10-11,17,25H,1-2,9,12,22-23H2,(H,24,26)/t17-/m0/s1. The van der Waals surface area contributed by atoms with Crippen LogP contribution in [0.25, 0.3) is 22.0 Å². The van der Waals surface area contributed by atoms with Crippen LogP contribution in [0, 0.1) is 5.82 Å². The van der Waals surface area contributed by atoms with Crippen molar-refractivity contribution in [2.75, 3.05) is 13.1 Å². The van der Waals surface area contributed by atoms with E-state index in [4.69, 9.17) is 11.5 Å².